The topological polar surface area (TPSA) is 40.2 Å². The first kappa shape index (κ1) is 21.2. The Kier molecular flexibility index (Phi) is 6.31. The highest BCUT2D eigenvalue weighted by Gasteiger charge is 2.51. The molecular weight excluding hydrogens is 389 g/mol. The summed E-state index contributed by atoms with van der Waals surface area (Å²) in [6, 6.07) is 5.22. The average Bonchev–Trinajstić information content (AvgIpc) is 2.92. The van der Waals surface area contributed by atoms with Crippen molar-refractivity contribution in [1.82, 2.24) is 4.90 Å². The highest BCUT2D eigenvalue weighted by molar-refractivity contribution is 6.42. The normalized spacial score (nSPS) is 32.6. The lowest BCUT2D eigenvalue weighted by Crippen LogP contribution is -2.54. The van der Waals surface area contributed by atoms with E-state index >= 15 is 0 Å². The van der Waals surface area contributed by atoms with Gasteiger partial charge in [0.15, 0.2) is 5.60 Å². The van der Waals surface area contributed by atoms with E-state index in [2.05, 4.69) is 18.7 Å². The third kappa shape index (κ3) is 4.89. The summed E-state index contributed by atoms with van der Waals surface area (Å²) in [5, 5.41) is 0.951. The molecule has 2 aliphatic rings. The Morgan fingerprint density at radius 3 is 2.48 bits per heavy atom. The van der Waals surface area contributed by atoms with Crippen LogP contribution >= 0.6 is 23.2 Å². The summed E-state index contributed by atoms with van der Waals surface area (Å²) < 4.78 is 24.4. The van der Waals surface area contributed by atoms with Crippen LogP contribution in [0.1, 0.15) is 34.6 Å². The minimum atomic E-state index is -0.868. The van der Waals surface area contributed by atoms with Crippen molar-refractivity contribution in [2.45, 2.75) is 64.3 Å². The van der Waals surface area contributed by atoms with E-state index in [-0.39, 0.29) is 18.3 Å². The molecule has 0 spiro atoms. The zero-order valence-corrected chi connectivity index (χ0v) is 18.1. The summed E-state index contributed by atoms with van der Waals surface area (Å²) >= 11 is 12.1. The zero-order valence-electron chi connectivity index (χ0n) is 16.6. The van der Waals surface area contributed by atoms with Gasteiger partial charge >= 0.3 is 0 Å². The molecule has 5 nitrogen and oxygen atoms in total. The van der Waals surface area contributed by atoms with Crippen molar-refractivity contribution in [3.8, 4) is 5.75 Å². The van der Waals surface area contributed by atoms with Gasteiger partial charge < -0.3 is 18.9 Å². The molecule has 3 rings (SSSR count). The Morgan fingerprint density at radius 1 is 1.19 bits per heavy atom. The van der Waals surface area contributed by atoms with Crippen molar-refractivity contribution in [2.75, 3.05) is 26.2 Å². The molecule has 0 bridgehead atoms. The predicted octanol–water partition coefficient (Wildman–Crippen LogP) is 4.39. The highest BCUT2D eigenvalue weighted by atomic mass is 35.5. The van der Waals surface area contributed by atoms with Gasteiger partial charge in [0.25, 0.3) is 0 Å². The largest absolute Gasteiger partial charge is 0.482 e. The van der Waals surface area contributed by atoms with Crippen molar-refractivity contribution in [1.29, 1.82) is 0 Å². The summed E-state index contributed by atoms with van der Waals surface area (Å²) in [6.45, 7) is 13.2. The molecule has 0 aromatic heterocycles. The van der Waals surface area contributed by atoms with Crippen molar-refractivity contribution in [2.24, 2.45) is 0 Å². The van der Waals surface area contributed by atoms with Crippen LogP contribution in [0.3, 0.4) is 0 Å². The average molecular weight is 418 g/mol. The van der Waals surface area contributed by atoms with E-state index in [1.54, 1.807) is 18.2 Å². The van der Waals surface area contributed by atoms with E-state index in [0.717, 1.165) is 19.6 Å². The number of halogens is 2. The van der Waals surface area contributed by atoms with Crippen molar-refractivity contribution in [3.63, 3.8) is 0 Å². The van der Waals surface area contributed by atoms with Crippen LogP contribution in [0.5, 0.6) is 5.75 Å². The molecule has 2 heterocycles. The number of ether oxygens (including phenoxy) is 4. The number of morpholine rings is 1. The van der Waals surface area contributed by atoms with Crippen LogP contribution in [0, 0.1) is 0 Å². The van der Waals surface area contributed by atoms with Gasteiger partial charge in [-0.25, -0.2) is 0 Å². The smallest absolute Gasteiger partial charge is 0.205 e. The predicted molar refractivity (Wildman–Crippen MR) is 107 cm³/mol. The van der Waals surface area contributed by atoms with E-state index in [1.165, 1.54) is 0 Å². The summed E-state index contributed by atoms with van der Waals surface area (Å²) in [6.07, 6.45) is 0.456. The minimum Gasteiger partial charge on any atom is -0.482 e. The Hall–Kier alpha value is -0.560. The number of nitrogens with zero attached hydrogens (tertiary/aromatic N) is 1. The van der Waals surface area contributed by atoms with Crippen LogP contribution in [0.25, 0.3) is 0 Å². The van der Waals surface area contributed by atoms with Crippen LogP contribution in [0.4, 0.5) is 0 Å². The third-order valence-corrected chi connectivity index (χ3v) is 5.99. The molecular formula is C20H29Cl2NO4. The molecule has 27 heavy (non-hydrogen) atoms. The molecule has 0 radical (unpaired) electrons. The second-order valence-electron chi connectivity index (χ2n) is 8.16. The second kappa shape index (κ2) is 8.05. The summed E-state index contributed by atoms with van der Waals surface area (Å²) in [7, 11) is 0. The van der Waals surface area contributed by atoms with E-state index in [4.69, 9.17) is 42.1 Å². The minimum absolute atomic E-state index is 0.0100. The van der Waals surface area contributed by atoms with E-state index in [9.17, 15) is 0 Å². The van der Waals surface area contributed by atoms with Crippen molar-refractivity contribution >= 4 is 23.2 Å². The fourth-order valence-corrected chi connectivity index (χ4v) is 3.98. The highest BCUT2D eigenvalue weighted by Crippen LogP contribution is 2.38. The summed E-state index contributed by atoms with van der Waals surface area (Å²) in [5.41, 5.74) is -0.718. The quantitative estimate of drug-likeness (QED) is 0.709. The van der Waals surface area contributed by atoms with Gasteiger partial charge in [-0.05, 0) is 46.8 Å². The van der Waals surface area contributed by atoms with Gasteiger partial charge in [0.05, 0.1) is 35.0 Å². The van der Waals surface area contributed by atoms with Gasteiger partial charge in [-0.3, -0.25) is 4.90 Å². The van der Waals surface area contributed by atoms with Crippen molar-refractivity contribution in [3.05, 3.63) is 28.2 Å². The van der Waals surface area contributed by atoms with Crippen LogP contribution in [0.15, 0.2) is 18.2 Å². The SMILES string of the molecule is CC1CN(CC2COC(C)(C(C)(C)Oc3ccc(Cl)c(Cl)c3)O2)CC(C)O1. The van der Waals surface area contributed by atoms with Gasteiger partial charge in [-0.2, -0.15) is 0 Å². The monoisotopic (exact) mass is 417 g/mol. The van der Waals surface area contributed by atoms with Crippen LogP contribution in [-0.2, 0) is 14.2 Å². The Bertz CT molecular complexity index is 661. The Balaban J connectivity index is 1.62. The van der Waals surface area contributed by atoms with Crippen LogP contribution in [0.2, 0.25) is 10.0 Å². The maximum atomic E-state index is 6.32. The molecule has 4 unspecified atom stereocenters. The molecule has 152 valence electrons. The standard InChI is InChI=1S/C20H29Cl2NO4/c1-13-9-23(10-14(2)25-13)11-16-12-24-20(5,27-16)19(3,4)26-15-6-7-17(21)18(22)8-15/h6-8,13-14,16H,9-12H2,1-5H3. The molecule has 1 aromatic carbocycles. The maximum absolute atomic E-state index is 6.32. The second-order valence-corrected chi connectivity index (χ2v) is 8.98. The molecule has 2 fully saturated rings. The van der Waals surface area contributed by atoms with Crippen molar-refractivity contribution < 1.29 is 18.9 Å². The molecule has 0 amide bonds. The molecule has 0 aliphatic carbocycles. The number of rotatable bonds is 5. The van der Waals surface area contributed by atoms with E-state index in [1.807, 2.05) is 20.8 Å². The van der Waals surface area contributed by atoms with Gasteiger partial charge in [-0.1, -0.05) is 23.2 Å². The maximum Gasteiger partial charge on any atom is 0.205 e. The third-order valence-electron chi connectivity index (χ3n) is 5.25. The number of hydrogen-bond acceptors (Lipinski definition) is 5. The number of hydrogen-bond donors (Lipinski definition) is 0. The molecule has 0 N–H and O–H groups in total. The molecule has 4 atom stereocenters. The van der Waals surface area contributed by atoms with Gasteiger partial charge in [-0.15, -0.1) is 0 Å². The lowest BCUT2D eigenvalue weighted by molar-refractivity contribution is -0.244. The molecule has 2 aliphatic heterocycles. The molecule has 1 aromatic rings. The van der Waals surface area contributed by atoms with E-state index in [0.29, 0.717) is 22.4 Å². The molecule has 7 heteroatoms. The molecule has 0 saturated carbocycles. The Labute approximate surface area is 171 Å². The van der Waals surface area contributed by atoms with Gasteiger partial charge in [0, 0.05) is 25.7 Å². The molecule has 2 saturated heterocycles. The van der Waals surface area contributed by atoms with Gasteiger partial charge in [0.2, 0.25) is 5.79 Å². The summed E-state index contributed by atoms with van der Waals surface area (Å²) in [4.78, 5) is 2.38. The lowest BCUT2D eigenvalue weighted by atomic mass is 9.98. The fraction of sp³-hybridized carbons (Fsp3) is 0.700. The van der Waals surface area contributed by atoms with Crippen LogP contribution in [-0.4, -0.2) is 60.8 Å². The lowest BCUT2D eigenvalue weighted by Gasteiger charge is -2.40. The first-order valence-electron chi connectivity index (χ1n) is 9.41. The van der Waals surface area contributed by atoms with E-state index < -0.39 is 11.4 Å². The van der Waals surface area contributed by atoms with Gasteiger partial charge in [0.1, 0.15) is 5.75 Å². The first-order chi connectivity index (χ1) is 12.6. The summed E-state index contributed by atoms with van der Waals surface area (Å²) in [5.74, 6) is -0.241. The zero-order chi connectivity index (χ0) is 19.8. The Morgan fingerprint density at radius 2 is 1.85 bits per heavy atom. The first-order valence-corrected chi connectivity index (χ1v) is 10.2. The fourth-order valence-electron chi connectivity index (χ4n) is 3.69. The van der Waals surface area contributed by atoms with Crippen LogP contribution < -0.4 is 4.74 Å². The number of benzene rings is 1.